The molecule has 3 heterocycles. The van der Waals surface area contributed by atoms with Crippen LogP contribution in [0.1, 0.15) is 52.2 Å². The molecule has 1 aliphatic rings. The van der Waals surface area contributed by atoms with Crippen molar-refractivity contribution < 1.29 is 13.9 Å². The van der Waals surface area contributed by atoms with Crippen LogP contribution in [0.2, 0.25) is 0 Å². The molecular weight excluding hydrogens is 366 g/mol. The fourth-order valence-electron chi connectivity index (χ4n) is 3.73. The summed E-state index contributed by atoms with van der Waals surface area (Å²) in [7, 11) is 1.66. The summed E-state index contributed by atoms with van der Waals surface area (Å²) in [4.78, 5) is 23.6. The number of aryl methyl sites for hydroxylation is 1. The molecule has 150 valence electrons. The van der Waals surface area contributed by atoms with Crippen molar-refractivity contribution >= 4 is 5.91 Å². The minimum absolute atomic E-state index is 0.0246. The minimum Gasteiger partial charge on any atom is -0.497 e. The Morgan fingerprint density at radius 1 is 1.24 bits per heavy atom. The van der Waals surface area contributed by atoms with E-state index < -0.39 is 0 Å². The number of hydrogen-bond donors (Lipinski definition) is 0. The SMILES string of the molecule is COc1ccc(Cc2cnc([C@H]3CCCN(C(=O)c4cccc(C)n4)C3)o2)cc1. The molecule has 0 bridgehead atoms. The van der Waals surface area contributed by atoms with Crippen molar-refractivity contribution in [2.45, 2.75) is 32.1 Å². The second kappa shape index (κ2) is 8.47. The largest absolute Gasteiger partial charge is 0.497 e. The summed E-state index contributed by atoms with van der Waals surface area (Å²) in [5, 5.41) is 0. The first-order valence-corrected chi connectivity index (χ1v) is 9.93. The van der Waals surface area contributed by atoms with Crippen molar-refractivity contribution in [2.75, 3.05) is 20.2 Å². The summed E-state index contributed by atoms with van der Waals surface area (Å²) < 4.78 is 11.2. The zero-order valence-electron chi connectivity index (χ0n) is 16.8. The maximum absolute atomic E-state index is 12.8. The fraction of sp³-hybridized carbons (Fsp3) is 0.348. The molecule has 29 heavy (non-hydrogen) atoms. The van der Waals surface area contributed by atoms with E-state index in [1.54, 1.807) is 19.4 Å². The lowest BCUT2D eigenvalue weighted by atomic mass is 9.97. The Morgan fingerprint density at radius 2 is 2.07 bits per heavy atom. The molecule has 6 nitrogen and oxygen atoms in total. The number of hydrogen-bond acceptors (Lipinski definition) is 5. The highest BCUT2D eigenvalue weighted by atomic mass is 16.5. The van der Waals surface area contributed by atoms with Crippen LogP contribution in [0.4, 0.5) is 0 Å². The highest BCUT2D eigenvalue weighted by Gasteiger charge is 2.29. The number of benzene rings is 1. The standard InChI is InChI=1S/C23H25N3O3/c1-16-5-3-7-21(25-16)23(27)26-12-4-6-18(15-26)22-24-14-20(29-22)13-17-8-10-19(28-2)11-9-17/h3,5,7-11,14,18H,4,6,12-13,15H2,1-2H3/t18-/m0/s1. The number of oxazole rings is 1. The van der Waals surface area contributed by atoms with Gasteiger partial charge in [0, 0.05) is 25.2 Å². The Morgan fingerprint density at radius 3 is 2.83 bits per heavy atom. The third kappa shape index (κ3) is 4.47. The van der Waals surface area contributed by atoms with E-state index in [1.165, 1.54) is 0 Å². The van der Waals surface area contributed by atoms with Crippen LogP contribution in [0.15, 0.2) is 53.1 Å². The third-order valence-electron chi connectivity index (χ3n) is 5.27. The molecule has 1 amide bonds. The first kappa shape index (κ1) is 19.2. The van der Waals surface area contributed by atoms with Crippen LogP contribution in [0.5, 0.6) is 5.75 Å². The number of nitrogens with zero attached hydrogens (tertiary/aromatic N) is 3. The van der Waals surface area contributed by atoms with E-state index in [4.69, 9.17) is 9.15 Å². The van der Waals surface area contributed by atoms with Gasteiger partial charge in [-0.25, -0.2) is 9.97 Å². The van der Waals surface area contributed by atoms with E-state index in [-0.39, 0.29) is 11.8 Å². The molecule has 1 atom stereocenters. The topological polar surface area (TPSA) is 68.5 Å². The van der Waals surface area contributed by atoms with Crippen LogP contribution >= 0.6 is 0 Å². The van der Waals surface area contributed by atoms with Crippen LogP contribution in [-0.2, 0) is 6.42 Å². The number of pyridine rings is 1. The number of amides is 1. The van der Waals surface area contributed by atoms with Gasteiger partial charge in [0.05, 0.1) is 19.2 Å². The first-order chi connectivity index (χ1) is 14.1. The Kier molecular flexibility index (Phi) is 5.60. The lowest BCUT2D eigenvalue weighted by molar-refractivity contribution is 0.0691. The number of ether oxygens (including phenoxy) is 1. The molecule has 0 aliphatic carbocycles. The summed E-state index contributed by atoms with van der Waals surface area (Å²) in [5.74, 6) is 2.46. The van der Waals surface area contributed by atoms with Crippen molar-refractivity contribution in [2.24, 2.45) is 0 Å². The van der Waals surface area contributed by atoms with Crippen LogP contribution in [0, 0.1) is 6.92 Å². The second-order valence-electron chi connectivity index (χ2n) is 7.44. The van der Waals surface area contributed by atoms with E-state index in [1.807, 2.05) is 48.2 Å². The highest BCUT2D eigenvalue weighted by Crippen LogP contribution is 2.28. The number of likely N-dealkylation sites (tertiary alicyclic amines) is 1. The lowest BCUT2D eigenvalue weighted by Crippen LogP contribution is -2.39. The number of carbonyl (C=O) groups is 1. The Labute approximate surface area is 170 Å². The normalized spacial score (nSPS) is 16.6. The van der Waals surface area contributed by atoms with Crippen LogP contribution in [0.25, 0.3) is 0 Å². The number of aromatic nitrogens is 2. The van der Waals surface area contributed by atoms with E-state index in [0.29, 0.717) is 24.6 Å². The van der Waals surface area contributed by atoms with Crippen LogP contribution in [-0.4, -0.2) is 41.0 Å². The summed E-state index contributed by atoms with van der Waals surface area (Å²) in [5.41, 5.74) is 2.48. The van der Waals surface area contributed by atoms with Gasteiger partial charge in [0.1, 0.15) is 17.2 Å². The van der Waals surface area contributed by atoms with Gasteiger partial charge in [-0.2, -0.15) is 0 Å². The number of rotatable bonds is 5. The molecule has 1 saturated heterocycles. The molecule has 0 saturated carbocycles. The van der Waals surface area contributed by atoms with Gasteiger partial charge in [-0.15, -0.1) is 0 Å². The van der Waals surface area contributed by atoms with Gasteiger partial charge in [-0.1, -0.05) is 18.2 Å². The van der Waals surface area contributed by atoms with Gasteiger partial charge < -0.3 is 14.1 Å². The molecule has 0 N–H and O–H groups in total. The summed E-state index contributed by atoms with van der Waals surface area (Å²) in [6, 6.07) is 13.5. The Bertz CT molecular complexity index is 981. The predicted octanol–water partition coefficient (Wildman–Crippen LogP) is 4.00. The predicted molar refractivity (Wildman–Crippen MR) is 109 cm³/mol. The quantitative estimate of drug-likeness (QED) is 0.658. The molecule has 0 unspecified atom stereocenters. The highest BCUT2D eigenvalue weighted by molar-refractivity contribution is 5.92. The molecular formula is C23H25N3O3. The molecule has 4 rings (SSSR count). The molecule has 6 heteroatoms. The maximum atomic E-state index is 12.8. The zero-order chi connectivity index (χ0) is 20.2. The molecule has 0 radical (unpaired) electrons. The van der Waals surface area contributed by atoms with E-state index in [0.717, 1.165) is 42.2 Å². The molecule has 1 fully saturated rings. The second-order valence-corrected chi connectivity index (χ2v) is 7.44. The number of piperidine rings is 1. The number of methoxy groups -OCH3 is 1. The van der Waals surface area contributed by atoms with Gasteiger partial charge in [0.15, 0.2) is 5.89 Å². The van der Waals surface area contributed by atoms with E-state index in [2.05, 4.69) is 9.97 Å². The third-order valence-corrected chi connectivity index (χ3v) is 5.27. The average Bonchev–Trinajstić information content (AvgIpc) is 3.22. The van der Waals surface area contributed by atoms with E-state index >= 15 is 0 Å². The molecule has 2 aromatic heterocycles. The minimum atomic E-state index is -0.0246. The summed E-state index contributed by atoms with van der Waals surface area (Å²) in [6.45, 7) is 3.24. The molecule has 1 aliphatic heterocycles. The van der Waals surface area contributed by atoms with Crippen LogP contribution < -0.4 is 4.74 Å². The van der Waals surface area contributed by atoms with Crippen LogP contribution in [0.3, 0.4) is 0 Å². The van der Waals surface area contributed by atoms with Crippen molar-refractivity contribution in [3.8, 4) is 5.75 Å². The van der Waals surface area contributed by atoms with Crippen molar-refractivity contribution in [1.82, 2.24) is 14.9 Å². The van der Waals surface area contributed by atoms with Gasteiger partial charge in [-0.3, -0.25) is 4.79 Å². The monoisotopic (exact) mass is 391 g/mol. The Hall–Kier alpha value is -3.15. The van der Waals surface area contributed by atoms with E-state index in [9.17, 15) is 4.79 Å². The molecule has 3 aromatic rings. The molecule has 1 aromatic carbocycles. The summed E-state index contributed by atoms with van der Waals surface area (Å²) in [6.07, 6.45) is 4.37. The number of carbonyl (C=O) groups excluding carboxylic acids is 1. The van der Waals surface area contributed by atoms with Gasteiger partial charge in [0.2, 0.25) is 0 Å². The van der Waals surface area contributed by atoms with Crippen molar-refractivity contribution in [3.05, 3.63) is 77.3 Å². The Balaban J connectivity index is 1.42. The maximum Gasteiger partial charge on any atom is 0.272 e. The zero-order valence-corrected chi connectivity index (χ0v) is 16.8. The lowest BCUT2D eigenvalue weighted by Gasteiger charge is -2.31. The smallest absolute Gasteiger partial charge is 0.272 e. The summed E-state index contributed by atoms with van der Waals surface area (Å²) >= 11 is 0. The van der Waals surface area contributed by atoms with Gasteiger partial charge >= 0.3 is 0 Å². The van der Waals surface area contributed by atoms with Crippen molar-refractivity contribution in [1.29, 1.82) is 0 Å². The van der Waals surface area contributed by atoms with Gasteiger partial charge in [-0.05, 0) is 49.6 Å². The fourth-order valence-corrected chi connectivity index (χ4v) is 3.73. The first-order valence-electron chi connectivity index (χ1n) is 9.93. The molecule has 0 spiro atoms. The van der Waals surface area contributed by atoms with Crippen molar-refractivity contribution in [3.63, 3.8) is 0 Å². The average molecular weight is 391 g/mol. The van der Waals surface area contributed by atoms with Gasteiger partial charge in [0.25, 0.3) is 5.91 Å².